The van der Waals surface area contributed by atoms with Crippen LogP contribution in [0.4, 0.5) is 10.5 Å². The average Bonchev–Trinajstić information content (AvgIpc) is 3.26. The number of esters is 1. The van der Waals surface area contributed by atoms with Gasteiger partial charge in [0.15, 0.2) is 0 Å². The fourth-order valence-corrected chi connectivity index (χ4v) is 6.39. The topological polar surface area (TPSA) is 131 Å². The standard InChI is InChI=1S/C38H52ClN3O7/c1-6-8-9-10-17-22-31(49-33(44)24-32(43)40-29-20-15-12-16-21-29)30(34(45)37(3,4)5)23-28(39)26-42-35(46)38(48-7-2,41-36(42)47)25-27-18-13-11-14-19-27/h11-16,18-21,28,30-31H,6-10,17,22-26H2,1-5H3,(H,40,43)(H,41,47). The normalized spacial score (nSPS) is 18.0. The Morgan fingerprint density at radius 1 is 0.939 bits per heavy atom. The summed E-state index contributed by atoms with van der Waals surface area (Å²) in [4.78, 5) is 67.8. The molecule has 1 saturated heterocycles. The summed E-state index contributed by atoms with van der Waals surface area (Å²) in [6.45, 7) is 9.24. The lowest BCUT2D eigenvalue weighted by atomic mass is 9.77. The highest BCUT2D eigenvalue weighted by Crippen LogP contribution is 2.33. The lowest BCUT2D eigenvalue weighted by Crippen LogP contribution is -2.51. The summed E-state index contributed by atoms with van der Waals surface area (Å²) >= 11 is 6.90. The largest absolute Gasteiger partial charge is 0.461 e. The summed E-state index contributed by atoms with van der Waals surface area (Å²) < 4.78 is 11.8. The number of nitrogens with one attached hydrogen (secondary N) is 2. The van der Waals surface area contributed by atoms with Crippen molar-refractivity contribution in [2.75, 3.05) is 18.5 Å². The van der Waals surface area contributed by atoms with E-state index in [1.165, 1.54) is 0 Å². The van der Waals surface area contributed by atoms with Gasteiger partial charge in [0.1, 0.15) is 18.3 Å². The van der Waals surface area contributed by atoms with Gasteiger partial charge in [0, 0.05) is 30.7 Å². The smallest absolute Gasteiger partial charge is 0.326 e. The summed E-state index contributed by atoms with van der Waals surface area (Å²) in [6.07, 6.45) is 3.93. The lowest BCUT2D eigenvalue weighted by molar-refractivity contribution is -0.156. The number of carbonyl (C=O) groups excluding carboxylic acids is 5. The molecule has 2 N–H and O–H groups in total. The molecular formula is C38H52ClN3O7. The van der Waals surface area contributed by atoms with Crippen LogP contribution in [0.15, 0.2) is 60.7 Å². The van der Waals surface area contributed by atoms with Crippen molar-refractivity contribution in [2.45, 2.75) is 110 Å². The fraction of sp³-hybridized carbons (Fsp3) is 0.553. The number of imide groups is 1. The first-order valence-corrected chi connectivity index (χ1v) is 17.8. The van der Waals surface area contributed by atoms with Crippen LogP contribution < -0.4 is 10.6 Å². The molecule has 0 radical (unpaired) electrons. The van der Waals surface area contributed by atoms with E-state index < -0.39 is 58.8 Å². The minimum Gasteiger partial charge on any atom is -0.461 e. The summed E-state index contributed by atoms with van der Waals surface area (Å²) in [5.41, 5.74) is -1.03. The predicted molar refractivity (Wildman–Crippen MR) is 190 cm³/mol. The van der Waals surface area contributed by atoms with Gasteiger partial charge in [-0.3, -0.25) is 24.1 Å². The first-order chi connectivity index (χ1) is 23.3. The Morgan fingerprint density at radius 2 is 1.57 bits per heavy atom. The Hall–Kier alpha value is -3.76. The number of para-hydroxylation sites is 1. The van der Waals surface area contributed by atoms with Gasteiger partial charge in [-0.1, -0.05) is 102 Å². The second-order valence-electron chi connectivity index (χ2n) is 13.6. The summed E-state index contributed by atoms with van der Waals surface area (Å²) in [5.74, 6) is -2.84. The first kappa shape index (κ1) is 39.7. The Bertz CT molecular complexity index is 1400. The number of anilines is 1. The minimum absolute atomic E-state index is 0.0398. The molecule has 3 rings (SSSR count). The van der Waals surface area contributed by atoms with Crippen LogP contribution in [0.3, 0.4) is 0 Å². The number of urea groups is 1. The monoisotopic (exact) mass is 697 g/mol. The van der Waals surface area contributed by atoms with Gasteiger partial charge in [0.05, 0.1) is 11.3 Å². The Balaban J connectivity index is 1.80. The van der Waals surface area contributed by atoms with Crippen LogP contribution in [-0.4, -0.2) is 64.9 Å². The van der Waals surface area contributed by atoms with Crippen LogP contribution in [-0.2, 0) is 35.1 Å². The van der Waals surface area contributed by atoms with E-state index in [1.54, 1.807) is 52.0 Å². The molecule has 0 spiro atoms. The van der Waals surface area contributed by atoms with Gasteiger partial charge in [0.25, 0.3) is 5.91 Å². The highest BCUT2D eigenvalue weighted by Gasteiger charge is 2.53. The third-order valence-corrected chi connectivity index (χ3v) is 8.80. The van der Waals surface area contributed by atoms with Gasteiger partial charge in [-0.25, -0.2) is 4.79 Å². The maximum atomic E-state index is 14.0. The molecule has 1 fully saturated rings. The van der Waals surface area contributed by atoms with Gasteiger partial charge in [-0.15, -0.1) is 11.6 Å². The Morgan fingerprint density at radius 3 is 2.18 bits per heavy atom. The molecule has 4 amide bonds. The number of ketones is 1. The lowest BCUT2D eigenvalue weighted by Gasteiger charge is -2.33. The van der Waals surface area contributed by atoms with E-state index in [4.69, 9.17) is 21.1 Å². The minimum atomic E-state index is -1.58. The van der Waals surface area contributed by atoms with Gasteiger partial charge in [0.2, 0.25) is 11.6 Å². The van der Waals surface area contributed by atoms with E-state index >= 15 is 0 Å². The SMILES string of the molecule is CCCCCCCC(OC(=O)CC(=O)Nc1ccccc1)C(CC(Cl)CN1C(=O)NC(Cc2ccccc2)(OCC)C1=O)C(=O)C(C)(C)C. The van der Waals surface area contributed by atoms with Gasteiger partial charge in [-0.05, 0) is 43.9 Å². The molecule has 0 saturated carbocycles. The molecular weight excluding hydrogens is 646 g/mol. The number of Topliss-reactive ketones (excluding diaryl/α,β-unsaturated/α-hetero) is 1. The molecule has 4 atom stereocenters. The van der Waals surface area contributed by atoms with Crippen molar-refractivity contribution in [3.63, 3.8) is 0 Å². The molecule has 2 aromatic rings. The number of amides is 4. The second kappa shape index (κ2) is 18.9. The number of hydrogen-bond donors (Lipinski definition) is 2. The number of halogens is 1. The molecule has 1 aliphatic rings. The number of unbranched alkanes of at least 4 members (excludes halogenated alkanes) is 4. The summed E-state index contributed by atoms with van der Waals surface area (Å²) in [6, 6.07) is 17.4. The molecule has 4 unspecified atom stereocenters. The number of benzene rings is 2. The van der Waals surface area contributed by atoms with Gasteiger partial charge in [-0.2, -0.15) is 0 Å². The number of carbonyl (C=O) groups is 5. The predicted octanol–water partition coefficient (Wildman–Crippen LogP) is 7.04. The molecule has 0 bridgehead atoms. The molecule has 2 aromatic carbocycles. The zero-order valence-electron chi connectivity index (χ0n) is 29.5. The maximum absolute atomic E-state index is 14.0. The van der Waals surface area contributed by atoms with Crippen molar-refractivity contribution in [1.29, 1.82) is 0 Å². The van der Waals surface area contributed by atoms with E-state index in [2.05, 4.69) is 17.6 Å². The first-order valence-electron chi connectivity index (χ1n) is 17.3. The maximum Gasteiger partial charge on any atom is 0.326 e. The number of ether oxygens (including phenoxy) is 2. The summed E-state index contributed by atoms with van der Waals surface area (Å²) in [5, 5.41) is 4.58. The van der Waals surface area contributed by atoms with E-state index in [0.717, 1.165) is 36.1 Å². The zero-order chi connectivity index (χ0) is 36.0. The number of rotatable bonds is 20. The van der Waals surface area contributed by atoms with Gasteiger partial charge < -0.3 is 20.1 Å². The highest BCUT2D eigenvalue weighted by atomic mass is 35.5. The number of nitrogens with zero attached hydrogens (tertiary/aromatic N) is 1. The van der Waals surface area contributed by atoms with Crippen molar-refractivity contribution in [2.24, 2.45) is 11.3 Å². The van der Waals surface area contributed by atoms with E-state index in [0.29, 0.717) is 18.5 Å². The quantitative estimate of drug-likeness (QED) is 0.0499. The fourth-order valence-electron chi connectivity index (χ4n) is 6.06. The molecule has 11 heteroatoms. The molecule has 10 nitrogen and oxygen atoms in total. The van der Waals surface area contributed by atoms with Crippen molar-refractivity contribution < 1.29 is 33.4 Å². The van der Waals surface area contributed by atoms with Crippen LogP contribution in [0.1, 0.15) is 91.5 Å². The van der Waals surface area contributed by atoms with E-state index in [1.807, 2.05) is 36.4 Å². The van der Waals surface area contributed by atoms with Crippen molar-refractivity contribution in [1.82, 2.24) is 10.2 Å². The van der Waals surface area contributed by atoms with Crippen LogP contribution in [0, 0.1) is 11.3 Å². The Labute approximate surface area is 295 Å². The Kier molecular flexibility index (Phi) is 15.3. The van der Waals surface area contributed by atoms with Crippen LogP contribution in [0.5, 0.6) is 0 Å². The second-order valence-corrected chi connectivity index (χ2v) is 14.3. The van der Waals surface area contributed by atoms with Crippen LogP contribution in [0.25, 0.3) is 0 Å². The molecule has 268 valence electrons. The summed E-state index contributed by atoms with van der Waals surface area (Å²) in [7, 11) is 0. The zero-order valence-corrected chi connectivity index (χ0v) is 30.2. The average molecular weight is 698 g/mol. The highest BCUT2D eigenvalue weighted by molar-refractivity contribution is 6.21. The van der Waals surface area contributed by atoms with E-state index in [9.17, 15) is 24.0 Å². The number of hydrogen-bond acceptors (Lipinski definition) is 7. The van der Waals surface area contributed by atoms with Crippen LogP contribution >= 0.6 is 11.6 Å². The van der Waals surface area contributed by atoms with E-state index in [-0.39, 0.29) is 31.8 Å². The molecule has 1 aliphatic heterocycles. The number of alkyl halides is 1. The van der Waals surface area contributed by atoms with Crippen molar-refractivity contribution >= 4 is 46.9 Å². The molecule has 0 aliphatic carbocycles. The van der Waals surface area contributed by atoms with Crippen molar-refractivity contribution in [3.8, 4) is 0 Å². The third-order valence-electron chi connectivity index (χ3n) is 8.48. The molecule has 1 heterocycles. The molecule has 49 heavy (non-hydrogen) atoms. The van der Waals surface area contributed by atoms with Gasteiger partial charge >= 0.3 is 12.0 Å². The third kappa shape index (κ3) is 12.0. The van der Waals surface area contributed by atoms with Crippen LogP contribution in [0.2, 0.25) is 0 Å². The van der Waals surface area contributed by atoms with Crippen molar-refractivity contribution in [3.05, 3.63) is 66.2 Å². The molecule has 0 aromatic heterocycles.